The van der Waals surface area contributed by atoms with Crippen LogP contribution >= 0.6 is 23.2 Å². The van der Waals surface area contributed by atoms with Crippen molar-refractivity contribution in [3.8, 4) is 0 Å². The van der Waals surface area contributed by atoms with Crippen LogP contribution in [0.1, 0.15) is 12.8 Å². The van der Waals surface area contributed by atoms with Gasteiger partial charge >= 0.3 is 0 Å². The van der Waals surface area contributed by atoms with Crippen LogP contribution in [0, 0.1) is 0 Å². The molecule has 110 valence electrons. The molecule has 0 aliphatic carbocycles. The number of likely N-dealkylation sites (tertiary alicyclic amines) is 1. The monoisotopic (exact) mass is 316 g/mol. The fourth-order valence-corrected chi connectivity index (χ4v) is 2.84. The van der Waals surface area contributed by atoms with Gasteiger partial charge in [0, 0.05) is 27.2 Å². The van der Waals surface area contributed by atoms with Gasteiger partial charge in [0.25, 0.3) is 0 Å². The third-order valence-electron chi connectivity index (χ3n) is 3.34. The molecule has 0 spiro atoms. The molecule has 0 bridgehead atoms. The van der Waals surface area contributed by atoms with E-state index in [4.69, 9.17) is 23.2 Å². The van der Waals surface area contributed by atoms with Crippen LogP contribution in [-0.4, -0.2) is 49.5 Å². The molecular weight excluding hydrogens is 299 g/mol. The minimum absolute atomic E-state index is 0.101. The van der Waals surface area contributed by atoms with Gasteiger partial charge in [0.05, 0.1) is 16.6 Å². The molecule has 0 aromatic carbocycles. The van der Waals surface area contributed by atoms with Crippen molar-refractivity contribution in [3.05, 3.63) is 16.1 Å². The van der Waals surface area contributed by atoms with E-state index < -0.39 is 0 Å². The van der Waals surface area contributed by atoms with Gasteiger partial charge in [-0.1, -0.05) is 23.2 Å². The van der Waals surface area contributed by atoms with E-state index >= 15 is 0 Å². The number of anilines is 2. The number of pyridine rings is 1. The molecule has 2 rings (SSSR count). The molecule has 1 fully saturated rings. The van der Waals surface area contributed by atoms with E-state index in [1.54, 1.807) is 25.1 Å². The van der Waals surface area contributed by atoms with Crippen molar-refractivity contribution in [2.45, 2.75) is 12.8 Å². The van der Waals surface area contributed by atoms with Crippen molar-refractivity contribution in [3.63, 3.8) is 0 Å². The molecule has 20 heavy (non-hydrogen) atoms. The van der Waals surface area contributed by atoms with Gasteiger partial charge in [0.15, 0.2) is 0 Å². The zero-order chi connectivity index (χ0) is 14.7. The Bertz CT molecular complexity index is 503. The second kappa shape index (κ2) is 6.50. The molecule has 1 aromatic heterocycles. The standard InChI is InChI=1S/C13H18Cl2N4O/c1-16-12-9(14)7-10(15)13(17-12)18(2)8-11(20)19-5-3-4-6-19/h7H,3-6,8H2,1-2H3,(H,16,17). The van der Waals surface area contributed by atoms with E-state index in [0.717, 1.165) is 25.9 Å². The Hall–Kier alpha value is -1.20. The van der Waals surface area contributed by atoms with E-state index in [0.29, 0.717) is 21.7 Å². The van der Waals surface area contributed by atoms with Gasteiger partial charge < -0.3 is 15.1 Å². The minimum Gasteiger partial charge on any atom is -0.372 e. The molecule has 1 aliphatic heterocycles. The van der Waals surface area contributed by atoms with Crippen molar-refractivity contribution in [2.24, 2.45) is 0 Å². The molecule has 2 heterocycles. The van der Waals surface area contributed by atoms with Crippen molar-refractivity contribution in [2.75, 3.05) is 43.9 Å². The van der Waals surface area contributed by atoms with Crippen molar-refractivity contribution < 1.29 is 4.79 Å². The quantitative estimate of drug-likeness (QED) is 0.927. The predicted octanol–water partition coefficient (Wildman–Crippen LogP) is 2.49. The molecule has 1 N–H and O–H groups in total. The second-order valence-electron chi connectivity index (χ2n) is 4.82. The maximum Gasteiger partial charge on any atom is 0.242 e. The van der Waals surface area contributed by atoms with Crippen LogP contribution < -0.4 is 10.2 Å². The molecular formula is C13H18Cl2N4O. The van der Waals surface area contributed by atoms with Crippen LogP contribution in [0.3, 0.4) is 0 Å². The minimum atomic E-state index is 0.101. The van der Waals surface area contributed by atoms with Gasteiger partial charge in [-0.15, -0.1) is 0 Å². The number of amides is 1. The summed E-state index contributed by atoms with van der Waals surface area (Å²) in [6.45, 7) is 1.95. The summed E-state index contributed by atoms with van der Waals surface area (Å²) >= 11 is 12.2. The Kier molecular flexibility index (Phi) is 4.94. The molecule has 0 atom stereocenters. The van der Waals surface area contributed by atoms with E-state index in [1.807, 2.05) is 4.90 Å². The number of hydrogen-bond donors (Lipinski definition) is 1. The summed E-state index contributed by atoms with van der Waals surface area (Å²) in [6, 6.07) is 1.63. The Balaban J connectivity index is 2.12. The van der Waals surface area contributed by atoms with Crippen molar-refractivity contribution >= 4 is 40.7 Å². The van der Waals surface area contributed by atoms with Crippen LogP contribution in [0.15, 0.2) is 6.07 Å². The smallest absolute Gasteiger partial charge is 0.242 e. The average molecular weight is 317 g/mol. The normalized spacial score (nSPS) is 14.5. The lowest BCUT2D eigenvalue weighted by atomic mass is 10.4. The number of aromatic nitrogens is 1. The van der Waals surface area contributed by atoms with E-state index in [9.17, 15) is 4.79 Å². The number of carbonyl (C=O) groups excluding carboxylic acids is 1. The lowest BCUT2D eigenvalue weighted by Gasteiger charge is -2.23. The van der Waals surface area contributed by atoms with Crippen molar-refractivity contribution in [1.82, 2.24) is 9.88 Å². The first-order valence-electron chi connectivity index (χ1n) is 6.55. The number of hydrogen-bond acceptors (Lipinski definition) is 4. The van der Waals surface area contributed by atoms with Gasteiger partial charge in [-0.2, -0.15) is 0 Å². The number of nitrogens with one attached hydrogen (secondary N) is 1. The van der Waals surface area contributed by atoms with Gasteiger partial charge in [0.1, 0.15) is 11.6 Å². The third-order valence-corrected chi connectivity index (χ3v) is 3.91. The molecule has 5 nitrogen and oxygen atoms in total. The van der Waals surface area contributed by atoms with Gasteiger partial charge in [-0.05, 0) is 18.9 Å². The Morgan fingerprint density at radius 3 is 2.65 bits per heavy atom. The summed E-state index contributed by atoms with van der Waals surface area (Å²) in [5.41, 5.74) is 0. The summed E-state index contributed by atoms with van der Waals surface area (Å²) in [7, 11) is 3.54. The fraction of sp³-hybridized carbons (Fsp3) is 0.538. The number of rotatable bonds is 4. The largest absolute Gasteiger partial charge is 0.372 e. The molecule has 0 radical (unpaired) electrons. The van der Waals surface area contributed by atoms with Crippen LogP contribution in [0.4, 0.5) is 11.6 Å². The summed E-state index contributed by atoms with van der Waals surface area (Å²) in [4.78, 5) is 20.1. The first-order chi connectivity index (χ1) is 9.52. The fourth-order valence-electron chi connectivity index (χ4n) is 2.24. The van der Waals surface area contributed by atoms with Crippen LogP contribution in [-0.2, 0) is 4.79 Å². The topological polar surface area (TPSA) is 48.5 Å². The zero-order valence-corrected chi connectivity index (χ0v) is 13.1. The lowest BCUT2D eigenvalue weighted by Crippen LogP contribution is -2.37. The maximum absolute atomic E-state index is 12.1. The van der Waals surface area contributed by atoms with Crippen LogP contribution in [0.25, 0.3) is 0 Å². The Morgan fingerprint density at radius 1 is 1.40 bits per heavy atom. The SMILES string of the molecule is CNc1nc(N(C)CC(=O)N2CCCC2)c(Cl)cc1Cl. The molecule has 0 unspecified atom stereocenters. The van der Waals surface area contributed by atoms with Gasteiger partial charge in [-0.25, -0.2) is 4.98 Å². The maximum atomic E-state index is 12.1. The van der Waals surface area contributed by atoms with Crippen LogP contribution in [0.5, 0.6) is 0 Å². The lowest BCUT2D eigenvalue weighted by molar-refractivity contribution is -0.128. The number of nitrogens with zero attached hydrogens (tertiary/aromatic N) is 3. The van der Waals surface area contributed by atoms with E-state index in [-0.39, 0.29) is 12.5 Å². The third kappa shape index (κ3) is 3.27. The molecule has 7 heteroatoms. The number of halogens is 2. The molecule has 1 aliphatic rings. The highest BCUT2D eigenvalue weighted by atomic mass is 35.5. The first kappa shape index (κ1) is 15.2. The van der Waals surface area contributed by atoms with E-state index in [1.165, 1.54) is 0 Å². The zero-order valence-electron chi connectivity index (χ0n) is 11.6. The molecule has 1 saturated heterocycles. The summed E-state index contributed by atoms with van der Waals surface area (Å²) in [5.74, 6) is 1.20. The summed E-state index contributed by atoms with van der Waals surface area (Å²) in [6.07, 6.45) is 2.17. The average Bonchev–Trinajstić information content (AvgIpc) is 2.92. The molecule has 1 amide bonds. The molecule has 1 aromatic rings. The summed E-state index contributed by atoms with van der Waals surface area (Å²) in [5, 5.41) is 3.80. The number of carbonyl (C=O) groups is 1. The number of likely N-dealkylation sites (N-methyl/N-ethyl adjacent to an activating group) is 1. The van der Waals surface area contributed by atoms with Crippen LogP contribution in [0.2, 0.25) is 10.0 Å². The highest BCUT2D eigenvalue weighted by Gasteiger charge is 2.21. The Morgan fingerprint density at radius 2 is 2.05 bits per heavy atom. The highest BCUT2D eigenvalue weighted by molar-refractivity contribution is 6.37. The predicted molar refractivity (Wildman–Crippen MR) is 82.9 cm³/mol. The first-order valence-corrected chi connectivity index (χ1v) is 7.31. The Labute approximate surface area is 128 Å². The van der Waals surface area contributed by atoms with Crippen molar-refractivity contribution in [1.29, 1.82) is 0 Å². The van der Waals surface area contributed by atoms with E-state index in [2.05, 4.69) is 10.3 Å². The van der Waals surface area contributed by atoms with Gasteiger partial charge in [-0.3, -0.25) is 4.79 Å². The van der Waals surface area contributed by atoms with Gasteiger partial charge in [0.2, 0.25) is 5.91 Å². The highest BCUT2D eigenvalue weighted by Crippen LogP contribution is 2.30. The molecule has 0 saturated carbocycles. The summed E-state index contributed by atoms with van der Waals surface area (Å²) < 4.78 is 0. The second-order valence-corrected chi connectivity index (χ2v) is 5.63.